The molecule has 2 N–H and O–H groups in total. The predicted molar refractivity (Wildman–Crippen MR) is 59.8 cm³/mol. The van der Waals surface area contributed by atoms with Crippen LogP contribution in [0.15, 0.2) is 24.7 Å². The lowest BCUT2D eigenvalue weighted by atomic mass is 10.4. The molecule has 6 heteroatoms. The number of hydrogen-bond donors (Lipinski definition) is 1. The minimum absolute atomic E-state index is 0.214. The lowest BCUT2D eigenvalue weighted by Crippen LogP contribution is -2.16. The predicted octanol–water partition coefficient (Wildman–Crippen LogP) is 0.605. The summed E-state index contributed by atoms with van der Waals surface area (Å²) in [5, 5.41) is 4.22. The SMILES string of the molecule is Cc1ccn(-c2nccnc2C(N)=S)n1. The number of aromatic nitrogens is 4. The fraction of sp³-hybridized carbons (Fsp3) is 0.111. The van der Waals surface area contributed by atoms with Crippen LogP contribution in [0.25, 0.3) is 5.82 Å². The van der Waals surface area contributed by atoms with Crippen LogP contribution < -0.4 is 5.73 Å². The zero-order valence-electron chi connectivity index (χ0n) is 8.08. The van der Waals surface area contributed by atoms with Crippen LogP contribution in [0.2, 0.25) is 0 Å². The standard InChI is InChI=1S/C9H9N5S/c1-6-2-5-14(13-6)9-7(8(10)15)11-3-4-12-9/h2-5H,1H3,(H2,10,15). The number of thiocarbonyl (C=S) groups is 1. The Labute approximate surface area is 92.0 Å². The summed E-state index contributed by atoms with van der Waals surface area (Å²) in [6.07, 6.45) is 4.92. The van der Waals surface area contributed by atoms with Crippen molar-refractivity contribution >= 4 is 17.2 Å². The minimum atomic E-state index is 0.214. The van der Waals surface area contributed by atoms with Gasteiger partial charge in [0.1, 0.15) is 10.7 Å². The van der Waals surface area contributed by atoms with E-state index in [-0.39, 0.29) is 4.99 Å². The summed E-state index contributed by atoms with van der Waals surface area (Å²) in [6.45, 7) is 1.90. The zero-order valence-corrected chi connectivity index (χ0v) is 8.90. The Morgan fingerprint density at radius 2 is 2.13 bits per heavy atom. The Balaban J connectivity index is 2.57. The van der Waals surface area contributed by atoms with Crippen LogP contribution in [0, 0.1) is 6.92 Å². The topological polar surface area (TPSA) is 69.6 Å². The molecule has 0 aromatic carbocycles. The van der Waals surface area contributed by atoms with E-state index in [1.807, 2.05) is 13.0 Å². The molecule has 2 heterocycles. The minimum Gasteiger partial charge on any atom is -0.388 e. The first kappa shape index (κ1) is 9.72. The molecule has 0 atom stereocenters. The van der Waals surface area contributed by atoms with Crippen molar-refractivity contribution < 1.29 is 0 Å². The monoisotopic (exact) mass is 219 g/mol. The average Bonchev–Trinajstić information content (AvgIpc) is 2.65. The van der Waals surface area contributed by atoms with Crippen LogP contribution in [-0.4, -0.2) is 24.7 Å². The summed E-state index contributed by atoms with van der Waals surface area (Å²) in [7, 11) is 0. The molecule has 5 nitrogen and oxygen atoms in total. The van der Waals surface area contributed by atoms with Crippen LogP contribution >= 0.6 is 12.2 Å². The Morgan fingerprint density at radius 3 is 2.73 bits per heavy atom. The summed E-state index contributed by atoms with van der Waals surface area (Å²) in [5.74, 6) is 0.554. The lowest BCUT2D eigenvalue weighted by Gasteiger charge is -2.04. The van der Waals surface area contributed by atoms with Gasteiger partial charge in [-0.1, -0.05) is 12.2 Å². The molecule has 0 amide bonds. The van der Waals surface area contributed by atoms with E-state index in [4.69, 9.17) is 18.0 Å². The molecule has 0 fully saturated rings. The average molecular weight is 219 g/mol. The van der Waals surface area contributed by atoms with Crippen molar-refractivity contribution in [2.75, 3.05) is 0 Å². The molecule has 76 valence electrons. The third-order valence-electron chi connectivity index (χ3n) is 1.85. The molecular weight excluding hydrogens is 210 g/mol. The summed E-state index contributed by atoms with van der Waals surface area (Å²) in [6, 6.07) is 1.87. The lowest BCUT2D eigenvalue weighted by molar-refractivity contribution is 0.821. The second kappa shape index (κ2) is 3.74. The highest BCUT2D eigenvalue weighted by Crippen LogP contribution is 2.07. The fourth-order valence-electron chi connectivity index (χ4n) is 1.21. The Morgan fingerprint density at radius 1 is 1.40 bits per heavy atom. The Kier molecular flexibility index (Phi) is 2.42. The molecule has 0 unspecified atom stereocenters. The number of rotatable bonds is 2. The Bertz CT molecular complexity index is 505. The smallest absolute Gasteiger partial charge is 0.182 e. The van der Waals surface area contributed by atoms with Crippen molar-refractivity contribution in [2.24, 2.45) is 5.73 Å². The highest BCUT2D eigenvalue weighted by atomic mass is 32.1. The van der Waals surface area contributed by atoms with Gasteiger partial charge < -0.3 is 5.73 Å². The third-order valence-corrected chi connectivity index (χ3v) is 2.05. The first-order valence-corrected chi connectivity index (χ1v) is 4.73. The molecule has 15 heavy (non-hydrogen) atoms. The van der Waals surface area contributed by atoms with Crippen molar-refractivity contribution in [2.45, 2.75) is 6.92 Å². The maximum Gasteiger partial charge on any atom is 0.182 e. The maximum absolute atomic E-state index is 5.55. The molecule has 0 aliphatic heterocycles. The molecule has 2 aromatic heterocycles. The van der Waals surface area contributed by atoms with E-state index in [1.54, 1.807) is 23.3 Å². The van der Waals surface area contributed by atoms with Crippen LogP contribution in [0.3, 0.4) is 0 Å². The van der Waals surface area contributed by atoms with Gasteiger partial charge in [-0.3, -0.25) is 0 Å². The fourth-order valence-corrected chi connectivity index (χ4v) is 1.35. The van der Waals surface area contributed by atoms with Gasteiger partial charge in [0, 0.05) is 18.6 Å². The van der Waals surface area contributed by atoms with Gasteiger partial charge in [-0.2, -0.15) is 5.10 Å². The first-order chi connectivity index (χ1) is 7.18. The number of hydrogen-bond acceptors (Lipinski definition) is 4. The van der Waals surface area contributed by atoms with Crippen molar-refractivity contribution in [3.05, 3.63) is 36.0 Å². The molecule has 2 rings (SSSR count). The zero-order chi connectivity index (χ0) is 10.8. The van der Waals surface area contributed by atoms with Gasteiger partial charge in [0.15, 0.2) is 5.82 Å². The van der Waals surface area contributed by atoms with Gasteiger partial charge in [-0.25, -0.2) is 14.6 Å². The molecule has 0 aliphatic carbocycles. The summed E-state index contributed by atoms with van der Waals surface area (Å²) in [5.41, 5.74) is 6.93. The van der Waals surface area contributed by atoms with Gasteiger partial charge in [0.05, 0.1) is 5.69 Å². The van der Waals surface area contributed by atoms with Crippen LogP contribution in [0.5, 0.6) is 0 Å². The van der Waals surface area contributed by atoms with Gasteiger partial charge in [-0.15, -0.1) is 0 Å². The highest BCUT2D eigenvalue weighted by Gasteiger charge is 2.09. The van der Waals surface area contributed by atoms with E-state index < -0.39 is 0 Å². The van der Waals surface area contributed by atoms with Gasteiger partial charge >= 0.3 is 0 Å². The van der Waals surface area contributed by atoms with Crippen molar-refractivity contribution in [1.29, 1.82) is 0 Å². The van der Waals surface area contributed by atoms with Crippen molar-refractivity contribution in [3.8, 4) is 5.82 Å². The number of nitrogens with two attached hydrogens (primary N) is 1. The second-order valence-corrected chi connectivity index (χ2v) is 3.43. The number of nitrogens with zero attached hydrogens (tertiary/aromatic N) is 4. The largest absolute Gasteiger partial charge is 0.388 e. The summed E-state index contributed by atoms with van der Waals surface area (Å²) >= 11 is 4.89. The van der Waals surface area contributed by atoms with E-state index in [0.717, 1.165) is 5.69 Å². The van der Waals surface area contributed by atoms with Crippen LogP contribution in [0.4, 0.5) is 0 Å². The molecular formula is C9H9N5S. The number of aryl methyl sites for hydroxylation is 1. The summed E-state index contributed by atoms with van der Waals surface area (Å²) < 4.78 is 1.61. The van der Waals surface area contributed by atoms with Crippen LogP contribution in [0.1, 0.15) is 11.4 Å². The molecule has 2 aromatic rings. The normalized spacial score (nSPS) is 10.2. The molecule has 0 bridgehead atoms. The van der Waals surface area contributed by atoms with Gasteiger partial charge in [0.25, 0.3) is 0 Å². The van der Waals surface area contributed by atoms with E-state index in [9.17, 15) is 0 Å². The molecule has 0 saturated heterocycles. The summed E-state index contributed by atoms with van der Waals surface area (Å²) in [4.78, 5) is 8.44. The molecule has 0 saturated carbocycles. The highest BCUT2D eigenvalue weighted by molar-refractivity contribution is 7.80. The Hall–Kier alpha value is -1.82. The first-order valence-electron chi connectivity index (χ1n) is 4.32. The quantitative estimate of drug-likeness (QED) is 0.749. The third kappa shape index (κ3) is 1.84. The second-order valence-electron chi connectivity index (χ2n) is 2.99. The van der Waals surface area contributed by atoms with Crippen LogP contribution in [-0.2, 0) is 0 Å². The molecule has 0 aliphatic rings. The van der Waals surface area contributed by atoms with E-state index >= 15 is 0 Å². The molecule has 0 radical (unpaired) electrons. The maximum atomic E-state index is 5.55. The van der Waals surface area contributed by atoms with E-state index in [2.05, 4.69) is 15.1 Å². The van der Waals surface area contributed by atoms with Crippen molar-refractivity contribution in [1.82, 2.24) is 19.7 Å². The van der Waals surface area contributed by atoms with Crippen molar-refractivity contribution in [3.63, 3.8) is 0 Å². The van der Waals surface area contributed by atoms with E-state index in [1.165, 1.54) is 0 Å². The van der Waals surface area contributed by atoms with Gasteiger partial charge in [-0.05, 0) is 13.0 Å². The van der Waals surface area contributed by atoms with Gasteiger partial charge in [0.2, 0.25) is 0 Å². The van der Waals surface area contributed by atoms with E-state index in [0.29, 0.717) is 11.5 Å². The molecule has 0 spiro atoms.